The van der Waals surface area contributed by atoms with Gasteiger partial charge in [0.25, 0.3) is 0 Å². The molecule has 1 saturated carbocycles. The fourth-order valence-corrected chi connectivity index (χ4v) is 3.46. The molecule has 0 spiro atoms. The first-order valence-corrected chi connectivity index (χ1v) is 8.09. The number of fused-ring (bicyclic) bond motifs is 1. The third-order valence-corrected chi connectivity index (χ3v) is 5.00. The summed E-state index contributed by atoms with van der Waals surface area (Å²) in [6.45, 7) is 5.17. The van der Waals surface area contributed by atoms with E-state index in [0.717, 1.165) is 30.2 Å². The Kier molecular flexibility index (Phi) is 4.05. The average molecular weight is 286 g/mol. The molecule has 0 aliphatic heterocycles. The number of nitrogens with two attached hydrogens (primary N) is 1. The Morgan fingerprint density at radius 3 is 2.67 bits per heavy atom. The Balaban J connectivity index is 1.94. The van der Waals surface area contributed by atoms with Crippen molar-refractivity contribution in [2.75, 3.05) is 13.6 Å². The van der Waals surface area contributed by atoms with E-state index in [4.69, 9.17) is 10.2 Å². The molecule has 0 bridgehead atoms. The molecule has 3 rings (SSSR count). The van der Waals surface area contributed by atoms with Crippen LogP contribution < -0.4 is 5.73 Å². The maximum Gasteiger partial charge on any atom is 0.134 e. The highest BCUT2D eigenvalue weighted by atomic mass is 16.3. The van der Waals surface area contributed by atoms with E-state index in [2.05, 4.69) is 44.0 Å². The Labute approximate surface area is 127 Å². The van der Waals surface area contributed by atoms with Gasteiger partial charge < -0.3 is 10.2 Å². The molecule has 0 radical (unpaired) electrons. The molecule has 2 atom stereocenters. The van der Waals surface area contributed by atoms with Crippen molar-refractivity contribution < 1.29 is 4.42 Å². The van der Waals surface area contributed by atoms with Crippen molar-refractivity contribution in [2.24, 2.45) is 11.7 Å². The molecule has 1 heterocycles. The smallest absolute Gasteiger partial charge is 0.134 e. The van der Waals surface area contributed by atoms with E-state index in [1.54, 1.807) is 0 Å². The number of para-hydroxylation sites is 1. The molecule has 21 heavy (non-hydrogen) atoms. The lowest BCUT2D eigenvalue weighted by Crippen LogP contribution is -2.41. The van der Waals surface area contributed by atoms with E-state index in [-0.39, 0.29) is 6.04 Å². The highest BCUT2D eigenvalue weighted by Crippen LogP contribution is 2.39. The summed E-state index contributed by atoms with van der Waals surface area (Å²) in [6, 6.07) is 9.08. The van der Waals surface area contributed by atoms with Crippen LogP contribution in [0.5, 0.6) is 0 Å². The van der Waals surface area contributed by atoms with Crippen molar-refractivity contribution >= 4 is 11.0 Å². The van der Waals surface area contributed by atoms with Crippen molar-refractivity contribution in [2.45, 2.75) is 45.2 Å². The summed E-state index contributed by atoms with van der Waals surface area (Å²) in [6.07, 6.45) is 3.64. The van der Waals surface area contributed by atoms with Crippen LogP contribution >= 0.6 is 0 Å². The van der Waals surface area contributed by atoms with Gasteiger partial charge in [-0.1, -0.05) is 25.1 Å². The summed E-state index contributed by atoms with van der Waals surface area (Å²) in [5.74, 6) is 1.89. The van der Waals surface area contributed by atoms with Crippen molar-refractivity contribution in [3.8, 4) is 0 Å². The highest BCUT2D eigenvalue weighted by molar-refractivity contribution is 5.82. The lowest BCUT2D eigenvalue weighted by Gasteiger charge is -2.32. The molecule has 2 aromatic rings. The van der Waals surface area contributed by atoms with Crippen LogP contribution in [0.4, 0.5) is 0 Å². The van der Waals surface area contributed by atoms with Crippen LogP contribution in [-0.2, 0) is 6.42 Å². The van der Waals surface area contributed by atoms with Gasteiger partial charge in [-0.05, 0) is 45.2 Å². The van der Waals surface area contributed by atoms with Gasteiger partial charge in [0, 0.05) is 23.5 Å². The summed E-state index contributed by atoms with van der Waals surface area (Å²) in [7, 11) is 2.19. The first-order valence-electron chi connectivity index (χ1n) is 8.09. The predicted octanol–water partition coefficient (Wildman–Crippen LogP) is 3.73. The van der Waals surface area contributed by atoms with Gasteiger partial charge in [0.1, 0.15) is 11.3 Å². The first-order chi connectivity index (χ1) is 10.2. The predicted molar refractivity (Wildman–Crippen MR) is 87.3 cm³/mol. The van der Waals surface area contributed by atoms with Crippen LogP contribution in [0, 0.1) is 5.92 Å². The van der Waals surface area contributed by atoms with Crippen LogP contribution in [-0.4, -0.2) is 24.5 Å². The van der Waals surface area contributed by atoms with Crippen molar-refractivity contribution in [3.05, 3.63) is 35.6 Å². The summed E-state index contributed by atoms with van der Waals surface area (Å²) in [5.41, 5.74) is 8.35. The van der Waals surface area contributed by atoms with Gasteiger partial charge in [0.05, 0.1) is 6.04 Å². The van der Waals surface area contributed by atoms with Gasteiger partial charge >= 0.3 is 0 Å². The second-order valence-electron chi connectivity index (χ2n) is 6.28. The summed E-state index contributed by atoms with van der Waals surface area (Å²) in [5, 5.41) is 1.26. The molecular formula is C18H26N2O. The van der Waals surface area contributed by atoms with Gasteiger partial charge in [-0.3, -0.25) is 4.90 Å². The SMILES string of the molecule is CCc1c(C(C)N(C)C(CN)C2CC2)oc2ccccc12. The molecule has 0 saturated heterocycles. The zero-order valence-electron chi connectivity index (χ0n) is 13.3. The van der Waals surface area contributed by atoms with Gasteiger partial charge in [-0.15, -0.1) is 0 Å². The summed E-state index contributed by atoms with van der Waals surface area (Å²) < 4.78 is 6.19. The molecule has 1 aliphatic rings. The van der Waals surface area contributed by atoms with Crippen molar-refractivity contribution in [1.29, 1.82) is 0 Å². The Hall–Kier alpha value is -1.32. The number of hydrogen-bond donors (Lipinski definition) is 1. The minimum Gasteiger partial charge on any atom is -0.459 e. The monoisotopic (exact) mass is 286 g/mol. The van der Waals surface area contributed by atoms with Crippen LogP contribution in [0.25, 0.3) is 11.0 Å². The summed E-state index contributed by atoms with van der Waals surface area (Å²) >= 11 is 0. The number of likely N-dealkylation sites (N-methyl/N-ethyl adjacent to an activating group) is 1. The molecule has 1 aromatic heterocycles. The Morgan fingerprint density at radius 2 is 2.05 bits per heavy atom. The van der Waals surface area contributed by atoms with Gasteiger partial charge in [-0.25, -0.2) is 0 Å². The minimum absolute atomic E-state index is 0.265. The van der Waals surface area contributed by atoms with Crippen molar-refractivity contribution in [3.63, 3.8) is 0 Å². The number of furan rings is 1. The Bertz CT molecular complexity index is 615. The third kappa shape index (κ3) is 2.60. The Morgan fingerprint density at radius 1 is 1.33 bits per heavy atom. The van der Waals surface area contributed by atoms with Crippen LogP contribution in [0.15, 0.2) is 28.7 Å². The van der Waals surface area contributed by atoms with E-state index in [1.165, 1.54) is 23.8 Å². The van der Waals surface area contributed by atoms with Crippen LogP contribution in [0.1, 0.15) is 44.1 Å². The van der Waals surface area contributed by atoms with Crippen molar-refractivity contribution in [1.82, 2.24) is 4.90 Å². The maximum atomic E-state index is 6.19. The van der Waals surface area contributed by atoms with Gasteiger partial charge in [-0.2, -0.15) is 0 Å². The van der Waals surface area contributed by atoms with E-state index in [1.807, 2.05) is 6.07 Å². The fourth-order valence-electron chi connectivity index (χ4n) is 3.46. The lowest BCUT2D eigenvalue weighted by atomic mass is 10.0. The fraction of sp³-hybridized carbons (Fsp3) is 0.556. The zero-order valence-corrected chi connectivity index (χ0v) is 13.3. The standard InChI is InChI=1S/C18H26N2O/c1-4-14-15-7-5-6-8-17(15)21-18(14)12(2)20(3)16(11-19)13-9-10-13/h5-8,12-13,16H,4,9-11,19H2,1-3H3. The second kappa shape index (κ2) is 5.82. The maximum absolute atomic E-state index is 6.19. The molecule has 114 valence electrons. The first kappa shape index (κ1) is 14.6. The number of rotatable bonds is 6. The van der Waals surface area contributed by atoms with E-state index < -0.39 is 0 Å². The molecule has 3 heteroatoms. The second-order valence-corrected chi connectivity index (χ2v) is 6.28. The number of hydrogen-bond acceptors (Lipinski definition) is 3. The van der Waals surface area contributed by atoms with Crippen LogP contribution in [0.3, 0.4) is 0 Å². The van der Waals surface area contributed by atoms with Gasteiger partial charge in [0.2, 0.25) is 0 Å². The normalized spacial score (nSPS) is 18.3. The molecule has 1 fully saturated rings. The lowest BCUT2D eigenvalue weighted by molar-refractivity contribution is 0.154. The average Bonchev–Trinajstić information content (AvgIpc) is 3.26. The molecular weight excluding hydrogens is 260 g/mol. The van der Waals surface area contributed by atoms with E-state index in [9.17, 15) is 0 Å². The minimum atomic E-state index is 0.265. The number of nitrogens with zero attached hydrogens (tertiary/aromatic N) is 1. The number of aryl methyl sites for hydroxylation is 1. The molecule has 2 unspecified atom stereocenters. The topological polar surface area (TPSA) is 42.4 Å². The zero-order chi connectivity index (χ0) is 15.0. The number of benzene rings is 1. The molecule has 0 amide bonds. The van der Waals surface area contributed by atoms with Crippen LogP contribution in [0.2, 0.25) is 0 Å². The third-order valence-electron chi connectivity index (χ3n) is 5.00. The van der Waals surface area contributed by atoms with E-state index >= 15 is 0 Å². The van der Waals surface area contributed by atoms with Gasteiger partial charge in [0.15, 0.2) is 0 Å². The largest absolute Gasteiger partial charge is 0.459 e. The molecule has 3 nitrogen and oxygen atoms in total. The summed E-state index contributed by atoms with van der Waals surface area (Å²) in [4.78, 5) is 2.41. The highest BCUT2D eigenvalue weighted by Gasteiger charge is 2.36. The quantitative estimate of drug-likeness (QED) is 0.880. The molecule has 1 aromatic carbocycles. The molecule has 1 aliphatic carbocycles. The molecule has 2 N–H and O–H groups in total. The van der Waals surface area contributed by atoms with E-state index in [0.29, 0.717) is 6.04 Å².